The molecule has 25 heavy (non-hydrogen) atoms. The molecular weight excluding hydrogens is 314 g/mol. The lowest BCUT2D eigenvalue weighted by Crippen LogP contribution is -2.24. The van der Waals surface area contributed by atoms with Crippen molar-refractivity contribution in [2.45, 2.75) is 39.3 Å². The molecule has 128 valence electrons. The zero-order valence-electron chi connectivity index (χ0n) is 14.5. The van der Waals surface area contributed by atoms with Gasteiger partial charge in [-0.25, -0.2) is 9.97 Å². The molecule has 2 aromatic heterocycles. The number of hydrogen-bond acceptors (Lipinski definition) is 6. The molecule has 1 saturated heterocycles. The molecule has 1 aromatic carbocycles. The second kappa shape index (κ2) is 6.72. The summed E-state index contributed by atoms with van der Waals surface area (Å²) in [5.74, 6) is 2.18. The maximum absolute atomic E-state index is 5.57. The molecule has 0 N–H and O–H groups in total. The molecular formula is C19H21N5O. The Labute approximate surface area is 146 Å². The molecule has 1 aliphatic rings. The third-order valence-electron chi connectivity index (χ3n) is 4.50. The molecule has 0 radical (unpaired) electrons. The number of likely N-dealkylation sites (tertiary alicyclic amines) is 1. The fourth-order valence-electron chi connectivity index (χ4n) is 3.42. The van der Waals surface area contributed by atoms with Crippen molar-refractivity contribution in [3.63, 3.8) is 0 Å². The predicted molar refractivity (Wildman–Crippen MR) is 93.6 cm³/mol. The van der Waals surface area contributed by atoms with Crippen LogP contribution in [-0.2, 0) is 6.54 Å². The highest BCUT2D eigenvalue weighted by atomic mass is 16.5. The maximum atomic E-state index is 5.57. The van der Waals surface area contributed by atoms with Crippen LogP contribution in [0.25, 0.3) is 11.4 Å². The first-order chi connectivity index (χ1) is 12.2. The molecule has 0 bridgehead atoms. The molecule has 0 saturated carbocycles. The minimum Gasteiger partial charge on any atom is -0.337 e. The number of aromatic nitrogens is 4. The van der Waals surface area contributed by atoms with Crippen LogP contribution in [-0.4, -0.2) is 31.6 Å². The molecule has 4 rings (SSSR count). The van der Waals surface area contributed by atoms with E-state index < -0.39 is 0 Å². The first-order valence-corrected chi connectivity index (χ1v) is 8.63. The quantitative estimate of drug-likeness (QED) is 0.727. The average Bonchev–Trinajstić information content (AvgIpc) is 3.23. The van der Waals surface area contributed by atoms with Crippen molar-refractivity contribution in [2.24, 2.45) is 0 Å². The smallest absolute Gasteiger partial charge is 0.244 e. The normalized spacial score (nSPS) is 17.9. The zero-order valence-corrected chi connectivity index (χ0v) is 14.5. The van der Waals surface area contributed by atoms with Gasteiger partial charge in [-0.15, -0.1) is 0 Å². The van der Waals surface area contributed by atoms with Crippen LogP contribution in [0.5, 0.6) is 0 Å². The van der Waals surface area contributed by atoms with E-state index in [1.54, 1.807) is 0 Å². The summed E-state index contributed by atoms with van der Waals surface area (Å²) >= 11 is 0. The summed E-state index contributed by atoms with van der Waals surface area (Å²) in [5, 5.41) is 4.16. The van der Waals surface area contributed by atoms with Gasteiger partial charge in [-0.05, 0) is 39.3 Å². The van der Waals surface area contributed by atoms with E-state index in [0.717, 1.165) is 42.2 Å². The first-order valence-electron chi connectivity index (χ1n) is 8.63. The van der Waals surface area contributed by atoms with Crippen molar-refractivity contribution >= 4 is 0 Å². The summed E-state index contributed by atoms with van der Waals surface area (Å²) < 4.78 is 5.57. The monoisotopic (exact) mass is 335 g/mol. The Balaban J connectivity index is 1.54. The Hall–Kier alpha value is -2.60. The lowest BCUT2D eigenvalue weighted by Gasteiger charge is -2.20. The molecule has 1 atom stereocenters. The molecule has 0 unspecified atom stereocenters. The summed E-state index contributed by atoms with van der Waals surface area (Å²) in [6.07, 6.45) is 2.12. The second-order valence-electron chi connectivity index (χ2n) is 6.52. The Bertz CT molecular complexity index is 841. The van der Waals surface area contributed by atoms with Crippen molar-refractivity contribution in [1.82, 2.24) is 25.0 Å². The van der Waals surface area contributed by atoms with E-state index in [0.29, 0.717) is 18.3 Å². The third-order valence-corrected chi connectivity index (χ3v) is 4.50. The van der Waals surface area contributed by atoms with Crippen LogP contribution in [0.2, 0.25) is 0 Å². The van der Waals surface area contributed by atoms with E-state index in [9.17, 15) is 0 Å². The van der Waals surface area contributed by atoms with Crippen molar-refractivity contribution in [3.05, 3.63) is 59.5 Å². The van der Waals surface area contributed by atoms with Crippen LogP contribution < -0.4 is 0 Å². The van der Waals surface area contributed by atoms with Crippen LogP contribution in [0.4, 0.5) is 0 Å². The van der Waals surface area contributed by atoms with Gasteiger partial charge in [-0.2, -0.15) is 4.98 Å². The number of benzene rings is 1. The molecule has 6 heteroatoms. The Morgan fingerprint density at radius 1 is 1.08 bits per heavy atom. The lowest BCUT2D eigenvalue weighted by atomic mass is 10.2. The summed E-state index contributed by atoms with van der Waals surface area (Å²) in [6.45, 7) is 5.70. The predicted octanol–water partition coefficient (Wildman–Crippen LogP) is 3.48. The fourth-order valence-corrected chi connectivity index (χ4v) is 3.42. The molecule has 0 amide bonds. The van der Waals surface area contributed by atoms with Gasteiger partial charge in [-0.1, -0.05) is 35.5 Å². The summed E-state index contributed by atoms with van der Waals surface area (Å²) in [6, 6.07) is 12.0. The van der Waals surface area contributed by atoms with Crippen molar-refractivity contribution < 1.29 is 4.52 Å². The summed E-state index contributed by atoms with van der Waals surface area (Å²) in [4.78, 5) is 16.1. The number of nitrogens with zero attached hydrogens (tertiary/aromatic N) is 5. The molecule has 6 nitrogen and oxygen atoms in total. The largest absolute Gasteiger partial charge is 0.337 e. The Morgan fingerprint density at radius 3 is 2.60 bits per heavy atom. The Kier molecular flexibility index (Phi) is 4.28. The van der Waals surface area contributed by atoms with Gasteiger partial charge in [0.15, 0.2) is 0 Å². The maximum Gasteiger partial charge on any atom is 0.244 e. The third kappa shape index (κ3) is 3.44. The second-order valence-corrected chi connectivity index (χ2v) is 6.52. The number of hydrogen-bond donors (Lipinski definition) is 0. The Morgan fingerprint density at radius 2 is 1.84 bits per heavy atom. The van der Waals surface area contributed by atoms with E-state index in [4.69, 9.17) is 4.52 Å². The molecule has 3 aromatic rings. The minimum absolute atomic E-state index is 0.134. The highest BCUT2D eigenvalue weighted by molar-refractivity contribution is 5.53. The van der Waals surface area contributed by atoms with Crippen LogP contribution in [0.15, 0.2) is 40.9 Å². The average molecular weight is 335 g/mol. The van der Waals surface area contributed by atoms with Gasteiger partial charge in [-0.3, -0.25) is 4.90 Å². The van der Waals surface area contributed by atoms with E-state index in [1.807, 2.05) is 50.2 Å². The van der Waals surface area contributed by atoms with Gasteiger partial charge < -0.3 is 4.52 Å². The number of rotatable bonds is 4. The van der Waals surface area contributed by atoms with Crippen LogP contribution in [0.3, 0.4) is 0 Å². The van der Waals surface area contributed by atoms with E-state index in [2.05, 4.69) is 25.0 Å². The van der Waals surface area contributed by atoms with Gasteiger partial charge in [0.2, 0.25) is 11.7 Å². The minimum atomic E-state index is 0.134. The topological polar surface area (TPSA) is 67.9 Å². The van der Waals surface area contributed by atoms with E-state index in [1.165, 1.54) is 0 Å². The van der Waals surface area contributed by atoms with Gasteiger partial charge in [0.05, 0.1) is 12.6 Å². The lowest BCUT2D eigenvalue weighted by molar-refractivity contribution is 0.197. The zero-order chi connectivity index (χ0) is 17.2. The standard InChI is InChI=1S/C19H21N5O/c1-13-11-14(2)21-17(20-13)12-24-10-6-9-16(24)19-22-18(23-25-19)15-7-4-3-5-8-15/h3-5,7-8,11,16H,6,9-10,12H2,1-2H3/t16-/m1/s1. The van der Waals surface area contributed by atoms with E-state index >= 15 is 0 Å². The van der Waals surface area contributed by atoms with Crippen molar-refractivity contribution in [1.29, 1.82) is 0 Å². The first kappa shape index (κ1) is 15.9. The van der Waals surface area contributed by atoms with Crippen LogP contribution in [0, 0.1) is 13.8 Å². The van der Waals surface area contributed by atoms with Gasteiger partial charge in [0, 0.05) is 17.0 Å². The van der Waals surface area contributed by atoms with Gasteiger partial charge in [0.1, 0.15) is 5.82 Å². The summed E-state index contributed by atoms with van der Waals surface area (Å²) in [7, 11) is 0. The summed E-state index contributed by atoms with van der Waals surface area (Å²) in [5.41, 5.74) is 2.98. The molecule has 0 aliphatic carbocycles. The van der Waals surface area contributed by atoms with Crippen molar-refractivity contribution in [3.8, 4) is 11.4 Å². The van der Waals surface area contributed by atoms with Gasteiger partial charge >= 0.3 is 0 Å². The molecule has 1 fully saturated rings. The molecule has 1 aliphatic heterocycles. The van der Waals surface area contributed by atoms with Crippen molar-refractivity contribution in [2.75, 3.05) is 6.54 Å². The highest BCUT2D eigenvalue weighted by Gasteiger charge is 2.31. The van der Waals surface area contributed by atoms with Gasteiger partial charge in [0.25, 0.3) is 0 Å². The fraction of sp³-hybridized carbons (Fsp3) is 0.368. The molecule has 3 heterocycles. The van der Waals surface area contributed by atoms with E-state index in [-0.39, 0.29) is 6.04 Å². The van der Waals surface area contributed by atoms with Crippen LogP contribution >= 0.6 is 0 Å². The number of aryl methyl sites for hydroxylation is 2. The van der Waals surface area contributed by atoms with Crippen LogP contribution in [0.1, 0.15) is 42.0 Å². The highest BCUT2D eigenvalue weighted by Crippen LogP contribution is 2.32. The SMILES string of the molecule is Cc1cc(C)nc(CN2CCC[C@@H]2c2nc(-c3ccccc3)no2)n1. The molecule has 0 spiro atoms.